The normalized spacial score (nSPS) is 35.9. The van der Waals surface area contributed by atoms with Gasteiger partial charge in [-0.05, 0) is 91.8 Å². The summed E-state index contributed by atoms with van der Waals surface area (Å²) < 4.78 is 54.6. The molecule has 0 bridgehead atoms. The fourth-order valence-corrected chi connectivity index (χ4v) is 7.68. The standard InChI is InChI=1S/C41H56FN3O11/c1-12-30-39(6,56-38(50)45-19-18-43-23-45)21-24(2)31(46)25(3)22-40(7,51-11)34(27(5)33(47)41(8,42)37(49)53-30)55-36-32(29(44(9)10)20-26(4)52-36)54-35(48)28-16-14-13-15-17-28/h13-19,21,23,25-27,29-30,32,34,36H,12,20,22H2,1-11H3/b24-21-/t25-,26-,27+,29+,30-,32-,34-,36+,39+,40-,41+/m1/s1. The number of ether oxygens (including phenoxy) is 6. The molecular formula is C41H56FN3O11. The number of Topliss-reactive ketones (excluding diaryl/α,β-unsaturated/α-hetero) is 2. The van der Waals surface area contributed by atoms with Gasteiger partial charge in [0, 0.05) is 31.3 Å². The molecule has 2 aliphatic heterocycles. The van der Waals surface area contributed by atoms with E-state index in [1.807, 2.05) is 25.9 Å². The summed E-state index contributed by atoms with van der Waals surface area (Å²) in [6.07, 6.45) is -0.633. The number of hydrogen-bond acceptors (Lipinski definition) is 13. The van der Waals surface area contributed by atoms with Gasteiger partial charge in [0.15, 0.2) is 29.6 Å². The largest absolute Gasteiger partial charge is 0.455 e. The van der Waals surface area contributed by atoms with E-state index in [-0.39, 0.29) is 24.2 Å². The van der Waals surface area contributed by atoms with E-state index in [2.05, 4.69) is 4.98 Å². The summed E-state index contributed by atoms with van der Waals surface area (Å²) in [7, 11) is 5.02. The summed E-state index contributed by atoms with van der Waals surface area (Å²) in [5, 5.41) is 0. The van der Waals surface area contributed by atoms with Gasteiger partial charge in [-0.25, -0.2) is 28.3 Å². The number of hydrogen-bond donors (Lipinski definition) is 0. The molecule has 3 heterocycles. The zero-order valence-electron chi connectivity index (χ0n) is 34.1. The van der Waals surface area contributed by atoms with Crippen LogP contribution in [0, 0.1) is 11.8 Å². The predicted octanol–water partition coefficient (Wildman–Crippen LogP) is 5.52. The minimum Gasteiger partial charge on any atom is -0.455 e. The van der Waals surface area contributed by atoms with Crippen LogP contribution in [0.1, 0.15) is 85.0 Å². The Hall–Kier alpha value is -4.31. The average molecular weight is 786 g/mol. The highest BCUT2D eigenvalue weighted by Crippen LogP contribution is 2.39. The second-order valence-electron chi connectivity index (χ2n) is 15.7. The molecule has 0 N–H and O–H groups in total. The van der Waals surface area contributed by atoms with Crippen molar-refractivity contribution in [3.8, 4) is 0 Å². The van der Waals surface area contributed by atoms with E-state index in [1.54, 1.807) is 51.1 Å². The molecule has 2 aliphatic rings. The van der Waals surface area contributed by atoms with Crippen LogP contribution in [0.3, 0.4) is 0 Å². The van der Waals surface area contributed by atoms with Crippen molar-refractivity contribution in [2.24, 2.45) is 11.8 Å². The second-order valence-corrected chi connectivity index (χ2v) is 15.7. The third-order valence-electron chi connectivity index (χ3n) is 10.9. The maximum atomic E-state index is 16.9. The molecule has 2 aromatic rings. The van der Waals surface area contributed by atoms with Gasteiger partial charge in [-0.2, -0.15) is 0 Å². The van der Waals surface area contributed by atoms with Crippen molar-refractivity contribution in [1.29, 1.82) is 0 Å². The summed E-state index contributed by atoms with van der Waals surface area (Å²) in [5.41, 5.74) is -6.08. The van der Waals surface area contributed by atoms with Crippen molar-refractivity contribution < 1.29 is 56.8 Å². The zero-order chi connectivity index (χ0) is 41.7. The van der Waals surface area contributed by atoms with Crippen molar-refractivity contribution in [2.45, 2.75) is 128 Å². The molecule has 14 nitrogen and oxygen atoms in total. The fraction of sp³-hybridized carbons (Fsp3) is 0.610. The van der Waals surface area contributed by atoms with Gasteiger partial charge >= 0.3 is 18.0 Å². The number of ketones is 2. The minimum absolute atomic E-state index is 0.00755. The first-order valence-electron chi connectivity index (χ1n) is 18.9. The lowest BCUT2D eigenvalue weighted by Crippen LogP contribution is -2.61. The predicted molar refractivity (Wildman–Crippen MR) is 201 cm³/mol. The van der Waals surface area contributed by atoms with Crippen LogP contribution in [0.4, 0.5) is 9.18 Å². The Morgan fingerprint density at radius 3 is 2.30 bits per heavy atom. The van der Waals surface area contributed by atoms with E-state index in [4.69, 9.17) is 28.4 Å². The summed E-state index contributed by atoms with van der Waals surface area (Å²) >= 11 is 0. The molecule has 0 radical (unpaired) electrons. The van der Waals surface area contributed by atoms with Gasteiger partial charge < -0.3 is 33.3 Å². The number of halogens is 1. The van der Waals surface area contributed by atoms with Gasteiger partial charge in [0.25, 0.3) is 5.67 Å². The Kier molecular flexibility index (Phi) is 14.2. The van der Waals surface area contributed by atoms with Crippen LogP contribution in [0.5, 0.6) is 0 Å². The van der Waals surface area contributed by atoms with Gasteiger partial charge in [-0.1, -0.05) is 39.0 Å². The highest BCUT2D eigenvalue weighted by atomic mass is 19.1. The number of benzene rings is 1. The maximum Gasteiger partial charge on any atom is 0.420 e. The summed E-state index contributed by atoms with van der Waals surface area (Å²) in [6.45, 7) is 11.9. The third-order valence-corrected chi connectivity index (χ3v) is 10.9. The van der Waals surface area contributed by atoms with E-state index >= 15 is 4.39 Å². The fourth-order valence-electron chi connectivity index (χ4n) is 7.68. The Bertz CT molecular complexity index is 1750. The third kappa shape index (κ3) is 9.61. The van der Waals surface area contributed by atoms with E-state index in [0.717, 1.165) is 11.5 Å². The number of carbonyl (C=O) groups is 5. The Morgan fingerprint density at radius 2 is 1.73 bits per heavy atom. The Balaban J connectivity index is 1.82. The van der Waals surface area contributed by atoms with Crippen LogP contribution in [0.15, 0.2) is 60.7 Å². The number of esters is 2. The molecule has 1 aromatic carbocycles. The molecule has 1 saturated heterocycles. The van der Waals surface area contributed by atoms with Crippen LogP contribution in [0.25, 0.3) is 0 Å². The lowest BCUT2D eigenvalue weighted by Gasteiger charge is -2.47. The lowest BCUT2D eigenvalue weighted by molar-refractivity contribution is -0.294. The second kappa shape index (κ2) is 17.9. The smallest absolute Gasteiger partial charge is 0.420 e. The highest BCUT2D eigenvalue weighted by molar-refractivity contribution is 6.08. The van der Waals surface area contributed by atoms with Crippen molar-refractivity contribution in [1.82, 2.24) is 14.5 Å². The summed E-state index contributed by atoms with van der Waals surface area (Å²) in [6, 6.07) is 7.99. The number of aromatic nitrogens is 2. The average Bonchev–Trinajstić information content (AvgIpc) is 3.71. The first-order chi connectivity index (χ1) is 26.2. The van der Waals surface area contributed by atoms with Crippen LogP contribution in [-0.2, 0) is 42.8 Å². The molecule has 1 aromatic heterocycles. The lowest BCUT2D eigenvalue weighted by atomic mass is 9.76. The SMILES string of the molecule is CC[C@H]1OC(=O)[C@@](C)(F)C(=O)[C@H](C)[C@@H](O[C@@H]2O[C@H](C)C[C@H](N(C)C)[C@H]2OC(=O)c2ccccc2)[C@](C)(OC)C[C@@H](C)C(=O)/C(C)=C\[C@]1(C)OC(=O)n1ccnc1. The van der Waals surface area contributed by atoms with Crippen molar-refractivity contribution >= 4 is 29.6 Å². The first-order valence-corrected chi connectivity index (χ1v) is 18.9. The van der Waals surface area contributed by atoms with Crippen molar-refractivity contribution in [2.75, 3.05) is 21.2 Å². The van der Waals surface area contributed by atoms with E-state index in [1.165, 1.54) is 52.7 Å². The van der Waals surface area contributed by atoms with Crippen molar-refractivity contribution in [3.63, 3.8) is 0 Å². The number of alkyl halides is 1. The molecule has 1 fully saturated rings. The number of allylic oxidation sites excluding steroid dienone is 1. The number of nitrogens with zero attached hydrogens (tertiary/aromatic N) is 3. The van der Waals surface area contributed by atoms with Gasteiger partial charge in [-0.3, -0.25) is 9.59 Å². The number of imidazole rings is 1. The molecule has 0 saturated carbocycles. The molecule has 15 heteroatoms. The van der Waals surface area contributed by atoms with E-state index < -0.39 is 89.3 Å². The number of likely N-dealkylation sites (N-methyl/N-ethyl adjacent to an activating group) is 1. The maximum absolute atomic E-state index is 16.9. The minimum atomic E-state index is -3.24. The number of methoxy groups -OCH3 is 1. The molecular weight excluding hydrogens is 729 g/mol. The molecule has 11 atom stereocenters. The summed E-state index contributed by atoms with van der Waals surface area (Å²) in [4.78, 5) is 74.7. The van der Waals surface area contributed by atoms with E-state index in [0.29, 0.717) is 12.0 Å². The van der Waals surface area contributed by atoms with Gasteiger partial charge in [0.1, 0.15) is 12.4 Å². The van der Waals surface area contributed by atoms with Gasteiger partial charge in [0.2, 0.25) is 0 Å². The molecule has 308 valence electrons. The quantitative estimate of drug-likeness (QED) is 0.187. The Labute approximate surface area is 328 Å². The Morgan fingerprint density at radius 1 is 1.07 bits per heavy atom. The molecule has 0 spiro atoms. The molecule has 4 rings (SSSR count). The first kappa shape index (κ1) is 44.4. The monoisotopic (exact) mass is 785 g/mol. The highest BCUT2D eigenvalue weighted by Gasteiger charge is 2.55. The molecule has 0 aliphatic carbocycles. The van der Waals surface area contributed by atoms with E-state index in [9.17, 15) is 24.0 Å². The van der Waals surface area contributed by atoms with Gasteiger partial charge in [-0.15, -0.1) is 0 Å². The van der Waals surface area contributed by atoms with Crippen LogP contribution >= 0.6 is 0 Å². The van der Waals surface area contributed by atoms with Crippen LogP contribution < -0.4 is 0 Å². The van der Waals surface area contributed by atoms with Crippen LogP contribution in [0.2, 0.25) is 0 Å². The molecule has 56 heavy (non-hydrogen) atoms. The molecule has 0 unspecified atom stereocenters. The number of cyclic esters (lactones) is 1. The van der Waals surface area contributed by atoms with Crippen LogP contribution in [-0.4, -0.2) is 119 Å². The topological polar surface area (TPSA) is 162 Å². The number of rotatable bonds is 8. The zero-order valence-corrected chi connectivity index (χ0v) is 34.1. The van der Waals surface area contributed by atoms with Crippen molar-refractivity contribution in [3.05, 3.63) is 66.3 Å². The van der Waals surface area contributed by atoms with Gasteiger partial charge in [0.05, 0.1) is 29.4 Å². The number of carbonyl (C=O) groups excluding carboxylic acids is 5. The molecule has 0 amide bonds. The summed E-state index contributed by atoms with van der Waals surface area (Å²) in [5.74, 6) is -5.96.